The summed E-state index contributed by atoms with van der Waals surface area (Å²) in [6, 6.07) is -0.0150. The number of hydrogen-bond acceptors (Lipinski definition) is 3. The zero-order valence-corrected chi connectivity index (χ0v) is 7.53. The zero-order chi connectivity index (χ0) is 9.68. The average Bonchev–Trinajstić information content (AvgIpc) is 2.90. The monoisotopic (exact) mass is 185 g/mol. The molecule has 0 radical (unpaired) electrons. The van der Waals surface area contributed by atoms with Crippen molar-refractivity contribution in [2.24, 2.45) is 5.73 Å². The first-order valence-electron chi connectivity index (χ1n) is 4.50. The van der Waals surface area contributed by atoms with Gasteiger partial charge in [-0.15, -0.1) is 0 Å². The Balaban J connectivity index is 2.25. The van der Waals surface area contributed by atoms with Gasteiger partial charge in [-0.2, -0.15) is 0 Å². The van der Waals surface area contributed by atoms with E-state index in [1.165, 1.54) is 0 Å². The van der Waals surface area contributed by atoms with Crippen LogP contribution in [-0.2, 0) is 4.79 Å². The third kappa shape index (κ3) is 3.42. The van der Waals surface area contributed by atoms with Crippen LogP contribution < -0.4 is 11.1 Å². The van der Waals surface area contributed by atoms with Crippen molar-refractivity contribution in [3.63, 3.8) is 0 Å². The molecule has 1 fully saturated rings. The minimum Gasteiger partial charge on any atom is -0.335 e. The zero-order valence-electron chi connectivity index (χ0n) is 7.53. The van der Waals surface area contributed by atoms with Crippen LogP contribution in [0.3, 0.4) is 0 Å². The van der Waals surface area contributed by atoms with Crippen LogP contribution in [0.1, 0.15) is 19.3 Å². The van der Waals surface area contributed by atoms with Crippen molar-refractivity contribution < 1.29 is 9.59 Å². The maximum Gasteiger partial charge on any atom is 0.324 e. The van der Waals surface area contributed by atoms with Crippen molar-refractivity contribution in [1.29, 1.82) is 0 Å². The molecule has 1 rings (SSSR count). The molecule has 74 valence electrons. The fraction of sp³-hybridized carbons (Fsp3) is 0.750. The van der Waals surface area contributed by atoms with E-state index in [0.29, 0.717) is 25.9 Å². The van der Waals surface area contributed by atoms with Crippen LogP contribution in [-0.4, -0.2) is 36.5 Å². The summed E-state index contributed by atoms with van der Waals surface area (Å²) in [7, 11) is 0. The minimum absolute atomic E-state index is 0.285. The van der Waals surface area contributed by atoms with Crippen LogP contribution in [0.5, 0.6) is 0 Å². The van der Waals surface area contributed by atoms with E-state index in [9.17, 15) is 9.59 Å². The van der Waals surface area contributed by atoms with Crippen LogP contribution in [0.2, 0.25) is 0 Å². The van der Waals surface area contributed by atoms with Gasteiger partial charge in [0.15, 0.2) is 0 Å². The standard InChI is InChI=1S/C8H15N3O2/c9-4-1-5-11(6-12)8(13)10-7-2-3-7/h6-7H,1-5,9H2,(H,10,13). The summed E-state index contributed by atoms with van der Waals surface area (Å²) in [6.45, 7) is 0.888. The van der Waals surface area contributed by atoms with E-state index in [1.54, 1.807) is 0 Å². The van der Waals surface area contributed by atoms with E-state index >= 15 is 0 Å². The number of nitrogens with two attached hydrogens (primary N) is 1. The lowest BCUT2D eigenvalue weighted by Gasteiger charge is -2.15. The van der Waals surface area contributed by atoms with E-state index in [4.69, 9.17) is 5.73 Å². The van der Waals surface area contributed by atoms with E-state index in [2.05, 4.69) is 5.32 Å². The Morgan fingerprint density at radius 3 is 2.77 bits per heavy atom. The van der Waals surface area contributed by atoms with Crippen LogP contribution in [0.15, 0.2) is 0 Å². The minimum atomic E-state index is -0.300. The lowest BCUT2D eigenvalue weighted by atomic mass is 10.4. The number of amides is 3. The second-order valence-corrected chi connectivity index (χ2v) is 3.16. The predicted octanol–water partition coefficient (Wildman–Crippen LogP) is -0.334. The van der Waals surface area contributed by atoms with Gasteiger partial charge in [0, 0.05) is 12.6 Å². The molecule has 0 spiro atoms. The van der Waals surface area contributed by atoms with Crippen LogP contribution >= 0.6 is 0 Å². The second-order valence-electron chi connectivity index (χ2n) is 3.16. The molecule has 0 heterocycles. The molecule has 0 aromatic heterocycles. The molecule has 0 aliphatic heterocycles. The summed E-state index contributed by atoms with van der Waals surface area (Å²) in [5, 5.41) is 2.73. The van der Waals surface area contributed by atoms with Crippen LogP contribution in [0.25, 0.3) is 0 Å². The van der Waals surface area contributed by atoms with Gasteiger partial charge in [-0.05, 0) is 25.8 Å². The van der Waals surface area contributed by atoms with Crippen molar-refractivity contribution >= 4 is 12.4 Å². The molecular formula is C8H15N3O2. The Morgan fingerprint density at radius 2 is 2.31 bits per heavy atom. The molecule has 0 unspecified atom stereocenters. The van der Waals surface area contributed by atoms with Gasteiger partial charge in [-0.25, -0.2) is 4.79 Å². The van der Waals surface area contributed by atoms with Gasteiger partial charge < -0.3 is 11.1 Å². The van der Waals surface area contributed by atoms with Crippen molar-refractivity contribution in [1.82, 2.24) is 10.2 Å². The summed E-state index contributed by atoms with van der Waals surface area (Å²) < 4.78 is 0. The third-order valence-corrected chi connectivity index (χ3v) is 1.90. The highest BCUT2D eigenvalue weighted by Crippen LogP contribution is 2.18. The molecule has 0 aromatic carbocycles. The highest BCUT2D eigenvalue weighted by atomic mass is 16.2. The Labute approximate surface area is 77.3 Å². The number of carbonyl (C=O) groups is 2. The molecule has 0 saturated heterocycles. The van der Waals surface area contributed by atoms with E-state index < -0.39 is 0 Å². The Bertz CT molecular complexity index is 192. The number of urea groups is 1. The van der Waals surface area contributed by atoms with Gasteiger partial charge in [0.2, 0.25) is 6.41 Å². The number of hydrogen-bond donors (Lipinski definition) is 2. The highest BCUT2D eigenvalue weighted by molar-refractivity contribution is 5.85. The molecule has 1 aliphatic rings. The van der Waals surface area contributed by atoms with Gasteiger partial charge in [-0.1, -0.05) is 0 Å². The second kappa shape index (κ2) is 4.81. The lowest BCUT2D eigenvalue weighted by Crippen LogP contribution is -2.41. The molecule has 5 heteroatoms. The van der Waals surface area contributed by atoms with Gasteiger partial charge in [0.1, 0.15) is 0 Å². The van der Waals surface area contributed by atoms with Crippen molar-refractivity contribution in [2.45, 2.75) is 25.3 Å². The first kappa shape index (κ1) is 9.98. The van der Waals surface area contributed by atoms with Crippen molar-refractivity contribution in [3.8, 4) is 0 Å². The Hall–Kier alpha value is -1.10. The molecule has 3 N–H and O–H groups in total. The molecule has 5 nitrogen and oxygen atoms in total. The molecule has 1 aliphatic carbocycles. The highest BCUT2D eigenvalue weighted by Gasteiger charge is 2.25. The van der Waals surface area contributed by atoms with Gasteiger partial charge in [0.05, 0.1) is 0 Å². The SMILES string of the molecule is NCCCN(C=O)C(=O)NC1CC1. The number of carbonyl (C=O) groups excluding carboxylic acids is 2. The quantitative estimate of drug-likeness (QED) is 0.576. The first-order chi connectivity index (χ1) is 6.27. The van der Waals surface area contributed by atoms with Gasteiger partial charge >= 0.3 is 6.03 Å². The summed E-state index contributed by atoms with van der Waals surface area (Å²) in [5.74, 6) is 0. The van der Waals surface area contributed by atoms with E-state index in [0.717, 1.165) is 17.7 Å². The van der Waals surface area contributed by atoms with Gasteiger partial charge in [0.25, 0.3) is 0 Å². The summed E-state index contributed by atoms with van der Waals surface area (Å²) >= 11 is 0. The lowest BCUT2D eigenvalue weighted by molar-refractivity contribution is -0.115. The van der Waals surface area contributed by atoms with Crippen LogP contribution in [0, 0.1) is 0 Å². The van der Waals surface area contributed by atoms with Crippen molar-refractivity contribution in [3.05, 3.63) is 0 Å². The average molecular weight is 185 g/mol. The third-order valence-electron chi connectivity index (χ3n) is 1.90. The number of rotatable bonds is 5. The normalized spacial score (nSPS) is 15.2. The number of imide groups is 1. The molecule has 3 amide bonds. The fourth-order valence-electron chi connectivity index (χ4n) is 0.949. The molecule has 13 heavy (non-hydrogen) atoms. The Morgan fingerprint density at radius 1 is 1.62 bits per heavy atom. The predicted molar refractivity (Wildman–Crippen MR) is 48.0 cm³/mol. The largest absolute Gasteiger partial charge is 0.335 e. The molecule has 1 saturated carbocycles. The first-order valence-corrected chi connectivity index (χ1v) is 4.50. The maximum atomic E-state index is 11.3. The van der Waals surface area contributed by atoms with E-state index in [1.807, 2.05) is 0 Å². The molecular weight excluding hydrogens is 170 g/mol. The van der Waals surface area contributed by atoms with Crippen molar-refractivity contribution in [2.75, 3.05) is 13.1 Å². The molecule has 0 atom stereocenters. The topological polar surface area (TPSA) is 75.4 Å². The van der Waals surface area contributed by atoms with Gasteiger partial charge in [-0.3, -0.25) is 9.69 Å². The summed E-state index contributed by atoms with van der Waals surface area (Å²) in [4.78, 5) is 22.9. The molecule has 0 aromatic rings. The number of nitrogens with one attached hydrogen (secondary N) is 1. The summed E-state index contributed by atoms with van der Waals surface area (Å²) in [5.41, 5.74) is 5.27. The smallest absolute Gasteiger partial charge is 0.324 e. The molecule has 0 bridgehead atoms. The van der Waals surface area contributed by atoms with E-state index in [-0.39, 0.29) is 12.1 Å². The van der Waals surface area contributed by atoms with Crippen LogP contribution in [0.4, 0.5) is 4.79 Å². The number of nitrogens with zero attached hydrogens (tertiary/aromatic N) is 1. The fourth-order valence-corrected chi connectivity index (χ4v) is 0.949. The summed E-state index contributed by atoms with van der Waals surface area (Å²) in [6.07, 6.45) is 3.24. The Kier molecular flexibility index (Phi) is 3.70. The maximum absolute atomic E-state index is 11.3.